The Balaban J connectivity index is 1.51. The molecule has 1 aliphatic rings. The van der Waals surface area contributed by atoms with E-state index in [1.54, 1.807) is 35.2 Å². The summed E-state index contributed by atoms with van der Waals surface area (Å²) in [4.78, 5) is 18.9. The molecular formula is C19H20N4O3. The van der Waals surface area contributed by atoms with Gasteiger partial charge in [0.2, 0.25) is 11.8 Å². The molecule has 3 heterocycles. The Morgan fingerprint density at radius 3 is 2.88 bits per heavy atom. The summed E-state index contributed by atoms with van der Waals surface area (Å²) in [7, 11) is 1.64. The normalized spacial score (nSPS) is 14.9. The lowest BCUT2D eigenvalue weighted by atomic mass is 10.1. The molecule has 7 heteroatoms. The van der Waals surface area contributed by atoms with Crippen LogP contribution < -0.4 is 0 Å². The topological polar surface area (TPSA) is 73.4 Å². The molecule has 26 heavy (non-hydrogen) atoms. The largest absolute Gasteiger partial charge is 0.442 e. The first-order valence-corrected chi connectivity index (χ1v) is 8.56. The minimum atomic E-state index is -0.352. The van der Waals surface area contributed by atoms with Gasteiger partial charge in [-0.2, -0.15) is 5.10 Å². The van der Waals surface area contributed by atoms with Crippen molar-refractivity contribution in [3.8, 4) is 0 Å². The highest BCUT2D eigenvalue weighted by Crippen LogP contribution is 2.29. The van der Waals surface area contributed by atoms with Crippen molar-refractivity contribution in [1.29, 1.82) is 0 Å². The summed E-state index contributed by atoms with van der Waals surface area (Å²) in [5.74, 6) is 1.39. The lowest BCUT2D eigenvalue weighted by molar-refractivity contribution is -0.133. The van der Waals surface area contributed by atoms with Crippen molar-refractivity contribution in [3.05, 3.63) is 71.7 Å². The number of rotatable bonds is 5. The molecule has 0 saturated heterocycles. The quantitative estimate of drug-likeness (QED) is 0.704. The smallest absolute Gasteiger partial charge is 0.244 e. The van der Waals surface area contributed by atoms with Gasteiger partial charge in [-0.1, -0.05) is 30.3 Å². The highest BCUT2D eigenvalue weighted by atomic mass is 16.5. The van der Waals surface area contributed by atoms with Crippen molar-refractivity contribution < 1.29 is 13.9 Å². The van der Waals surface area contributed by atoms with E-state index in [9.17, 15) is 4.79 Å². The minimum absolute atomic E-state index is 0.0234. The van der Waals surface area contributed by atoms with Crippen LogP contribution in [0.15, 0.2) is 53.2 Å². The Labute approximate surface area is 151 Å². The highest BCUT2D eigenvalue weighted by Gasteiger charge is 2.28. The van der Waals surface area contributed by atoms with Gasteiger partial charge in [0, 0.05) is 32.5 Å². The molecule has 1 aliphatic heterocycles. The SMILES string of the molecule is COC(c1ccccc1)c1nc2c(o1)CCN(C(=O)Cn1cccn1)C2. The van der Waals surface area contributed by atoms with Crippen molar-refractivity contribution in [3.63, 3.8) is 0 Å². The number of nitrogens with zero attached hydrogens (tertiary/aromatic N) is 4. The van der Waals surface area contributed by atoms with E-state index in [0.717, 1.165) is 17.0 Å². The zero-order chi connectivity index (χ0) is 17.9. The number of fused-ring (bicyclic) bond motifs is 1. The number of oxazole rings is 1. The third-order valence-electron chi connectivity index (χ3n) is 4.52. The fraction of sp³-hybridized carbons (Fsp3) is 0.316. The fourth-order valence-corrected chi connectivity index (χ4v) is 3.18. The average Bonchev–Trinajstić information content (AvgIpc) is 3.32. The van der Waals surface area contributed by atoms with Gasteiger partial charge < -0.3 is 14.1 Å². The number of carbonyl (C=O) groups is 1. The van der Waals surface area contributed by atoms with Gasteiger partial charge in [-0.15, -0.1) is 0 Å². The van der Waals surface area contributed by atoms with E-state index in [1.807, 2.05) is 30.3 Å². The maximum absolute atomic E-state index is 12.5. The van der Waals surface area contributed by atoms with E-state index in [0.29, 0.717) is 25.4 Å². The van der Waals surface area contributed by atoms with Crippen molar-refractivity contribution >= 4 is 5.91 Å². The number of ether oxygens (including phenoxy) is 1. The zero-order valence-electron chi connectivity index (χ0n) is 14.5. The van der Waals surface area contributed by atoms with Crippen LogP contribution in [0.1, 0.15) is 29.0 Å². The second kappa shape index (κ2) is 7.13. The molecule has 0 saturated carbocycles. The number of amides is 1. The van der Waals surface area contributed by atoms with Crippen molar-refractivity contribution in [2.24, 2.45) is 0 Å². The third kappa shape index (κ3) is 3.25. The van der Waals surface area contributed by atoms with E-state index < -0.39 is 0 Å². The van der Waals surface area contributed by atoms with Gasteiger partial charge >= 0.3 is 0 Å². The minimum Gasteiger partial charge on any atom is -0.442 e. The van der Waals surface area contributed by atoms with Crippen molar-refractivity contribution in [2.45, 2.75) is 25.6 Å². The molecule has 4 rings (SSSR count). The molecule has 0 radical (unpaired) electrons. The predicted molar refractivity (Wildman–Crippen MR) is 93.1 cm³/mol. The molecule has 1 atom stereocenters. The molecule has 0 aliphatic carbocycles. The average molecular weight is 352 g/mol. The molecule has 7 nitrogen and oxygen atoms in total. The summed E-state index contributed by atoms with van der Waals surface area (Å²) in [6.45, 7) is 1.30. The molecule has 0 spiro atoms. The Morgan fingerprint density at radius 2 is 2.15 bits per heavy atom. The van der Waals surface area contributed by atoms with E-state index >= 15 is 0 Å². The van der Waals surface area contributed by atoms with Gasteiger partial charge in [0.25, 0.3) is 0 Å². The molecule has 2 aromatic heterocycles. The first kappa shape index (κ1) is 16.5. The molecular weight excluding hydrogens is 332 g/mol. The number of hydrogen-bond acceptors (Lipinski definition) is 5. The van der Waals surface area contributed by atoms with Crippen LogP contribution in [0.4, 0.5) is 0 Å². The van der Waals surface area contributed by atoms with Crippen LogP contribution in [0.3, 0.4) is 0 Å². The molecule has 1 aromatic carbocycles. The first-order valence-electron chi connectivity index (χ1n) is 8.56. The maximum atomic E-state index is 12.5. The van der Waals surface area contributed by atoms with Gasteiger partial charge in [0.1, 0.15) is 18.0 Å². The highest BCUT2D eigenvalue weighted by molar-refractivity contribution is 5.76. The van der Waals surface area contributed by atoms with Crippen molar-refractivity contribution in [2.75, 3.05) is 13.7 Å². The second-order valence-corrected chi connectivity index (χ2v) is 6.22. The molecule has 1 amide bonds. The lowest BCUT2D eigenvalue weighted by Gasteiger charge is -2.25. The van der Waals surface area contributed by atoms with Crippen LogP contribution in [-0.2, 0) is 29.0 Å². The zero-order valence-corrected chi connectivity index (χ0v) is 14.5. The molecule has 3 aromatic rings. The predicted octanol–water partition coefficient (Wildman–Crippen LogP) is 2.19. The molecule has 134 valence electrons. The first-order chi connectivity index (χ1) is 12.7. The van der Waals surface area contributed by atoms with Crippen molar-refractivity contribution in [1.82, 2.24) is 19.7 Å². The Hall–Kier alpha value is -2.93. The van der Waals surface area contributed by atoms with E-state index in [2.05, 4.69) is 10.1 Å². The number of aromatic nitrogens is 3. The number of hydrogen-bond donors (Lipinski definition) is 0. The van der Waals surface area contributed by atoms with Crippen LogP contribution in [0.25, 0.3) is 0 Å². The summed E-state index contributed by atoms with van der Waals surface area (Å²) in [5.41, 5.74) is 1.79. The number of methoxy groups -OCH3 is 1. The van der Waals surface area contributed by atoms with E-state index in [1.165, 1.54) is 0 Å². The number of carbonyl (C=O) groups excluding carboxylic acids is 1. The summed E-state index contributed by atoms with van der Waals surface area (Å²) >= 11 is 0. The Bertz CT molecular complexity index is 874. The van der Waals surface area contributed by atoms with Crippen LogP contribution in [0, 0.1) is 0 Å². The van der Waals surface area contributed by atoms with Gasteiger partial charge in [0.05, 0.1) is 6.54 Å². The van der Waals surface area contributed by atoms with Crippen LogP contribution in [-0.4, -0.2) is 39.2 Å². The fourth-order valence-electron chi connectivity index (χ4n) is 3.18. The second-order valence-electron chi connectivity index (χ2n) is 6.22. The molecule has 0 bridgehead atoms. The van der Waals surface area contributed by atoms with E-state index in [-0.39, 0.29) is 18.6 Å². The summed E-state index contributed by atoms with van der Waals surface area (Å²) < 4.78 is 13.2. The van der Waals surface area contributed by atoms with Crippen LogP contribution >= 0.6 is 0 Å². The van der Waals surface area contributed by atoms with Crippen LogP contribution in [0.5, 0.6) is 0 Å². The van der Waals surface area contributed by atoms with Gasteiger partial charge in [-0.3, -0.25) is 9.48 Å². The lowest BCUT2D eigenvalue weighted by Crippen LogP contribution is -2.38. The molecule has 1 unspecified atom stereocenters. The Morgan fingerprint density at radius 1 is 1.31 bits per heavy atom. The Kier molecular flexibility index (Phi) is 4.53. The van der Waals surface area contributed by atoms with Gasteiger partial charge in [-0.05, 0) is 11.6 Å². The summed E-state index contributed by atoms with van der Waals surface area (Å²) in [6.07, 6.45) is 3.75. The summed E-state index contributed by atoms with van der Waals surface area (Å²) in [6, 6.07) is 11.6. The molecule has 0 fully saturated rings. The number of benzene rings is 1. The monoisotopic (exact) mass is 352 g/mol. The van der Waals surface area contributed by atoms with Crippen LogP contribution in [0.2, 0.25) is 0 Å². The summed E-state index contributed by atoms with van der Waals surface area (Å²) in [5, 5.41) is 4.09. The maximum Gasteiger partial charge on any atom is 0.244 e. The van der Waals surface area contributed by atoms with Gasteiger partial charge in [0.15, 0.2) is 6.10 Å². The van der Waals surface area contributed by atoms with Gasteiger partial charge in [-0.25, -0.2) is 4.98 Å². The standard InChI is InChI=1S/C19H20N4O3/c1-25-18(14-6-3-2-4-7-14)19-21-15-12-22(11-8-16(15)26-19)17(24)13-23-10-5-9-20-23/h2-7,9-10,18H,8,11-13H2,1H3. The van der Waals surface area contributed by atoms with E-state index in [4.69, 9.17) is 9.15 Å². The molecule has 0 N–H and O–H groups in total. The third-order valence-corrected chi connectivity index (χ3v) is 4.52.